The van der Waals surface area contributed by atoms with Gasteiger partial charge in [-0.15, -0.1) is 11.3 Å². The third-order valence-corrected chi connectivity index (χ3v) is 7.71. The number of oxime groups is 1. The molecule has 198 valence electrons. The van der Waals surface area contributed by atoms with Crippen molar-refractivity contribution in [2.45, 2.75) is 17.6 Å². The van der Waals surface area contributed by atoms with Crippen molar-refractivity contribution in [3.63, 3.8) is 0 Å². The third-order valence-electron chi connectivity index (χ3n) is 6.56. The Bertz CT molecular complexity index is 1370. The Balaban J connectivity index is 1.53. The van der Waals surface area contributed by atoms with Crippen molar-refractivity contribution >= 4 is 46.6 Å². The lowest BCUT2D eigenvalue weighted by Crippen LogP contribution is -2.70. The third kappa shape index (κ3) is 5.25. The molecule has 2 atom stereocenters. The van der Waals surface area contributed by atoms with Crippen LogP contribution in [-0.2, 0) is 20.0 Å². The molecular formula is C29H27N5O3S2. The number of carbonyl (C=O) groups is 2. The molecule has 1 aliphatic heterocycles. The zero-order valence-electron chi connectivity index (χ0n) is 21.1. The van der Waals surface area contributed by atoms with Gasteiger partial charge >= 0.3 is 0 Å². The quantitative estimate of drug-likeness (QED) is 0.0781. The first-order valence-electron chi connectivity index (χ1n) is 12.3. The van der Waals surface area contributed by atoms with E-state index in [2.05, 4.69) is 70.1 Å². The molecule has 2 amide bonds. The first-order chi connectivity index (χ1) is 19.1. The maximum absolute atomic E-state index is 13.1. The van der Waals surface area contributed by atoms with Crippen LogP contribution in [0.15, 0.2) is 102 Å². The van der Waals surface area contributed by atoms with E-state index in [-0.39, 0.29) is 17.7 Å². The molecule has 0 bridgehead atoms. The van der Waals surface area contributed by atoms with Gasteiger partial charge in [0, 0.05) is 11.1 Å². The van der Waals surface area contributed by atoms with Crippen molar-refractivity contribution in [3.8, 4) is 0 Å². The Kier molecular flexibility index (Phi) is 7.94. The summed E-state index contributed by atoms with van der Waals surface area (Å²) in [4.78, 5) is 34.8. The number of amides is 2. The number of hydrogen-bond donors (Lipinski definition) is 4. The molecular weight excluding hydrogens is 530 g/mol. The lowest BCUT2D eigenvalue weighted by molar-refractivity contribution is -0.134. The first kappa shape index (κ1) is 26.5. The van der Waals surface area contributed by atoms with Gasteiger partial charge in [0.05, 0.1) is 6.04 Å². The van der Waals surface area contributed by atoms with Crippen LogP contribution in [0, 0.1) is 0 Å². The van der Waals surface area contributed by atoms with Gasteiger partial charge in [-0.2, -0.15) is 12.6 Å². The van der Waals surface area contributed by atoms with Crippen molar-refractivity contribution in [2.24, 2.45) is 5.16 Å². The van der Waals surface area contributed by atoms with Gasteiger partial charge in [0.2, 0.25) is 5.91 Å². The van der Waals surface area contributed by atoms with Gasteiger partial charge < -0.3 is 20.8 Å². The maximum Gasteiger partial charge on any atom is 0.276 e. The summed E-state index contributed by atoms with van der Waals surface area (Å²) < 4.78 is 0. The van der Waals surface area contributed by atoms with Crippen LogP contribution < -0.4 is 16.0 Å². The number of anilines is 1. The Morgan fingerprint density at radius 2 is 1.54 bits per heavy atom. The van der Waals surface area contributed by atoms with Crippen LogP contribution >= 0.6 is 24.0 Å². The van der Waals surface area contributed by atoms with Crippen LogP contribution in [0.4, 0.5) is 5.13 Å². The molecule has 4 aromatic rings. The predicted octanol–water partition coefficient (Wildman–Crippen LogP) is 3.81. The minimum atomic E-state index is -0.774. The summed E-state index contributed by atoms with van der Waals surface area (Å²) in [5.74, 6) is -0.419. The van der Waals surface area contributed by atoms with Crippen LogP contribution in [0.1, 0.15) is 22.4 Å². The molecule has 2 unspecified atom stereocenters. The number of benzene rings is 3. The summed E-state index contributed by atoms with van der Waals surface area (Å²) >= 11 is 5.57. The number of thiol groups is 1. The molecule has 0 saturated carbocycles. The van der Waals surface area contributed by atoms with E-state index >= 15 is 0 Å². The summed E-state index contributed by atoms with van der Waals surface area (Å²) in [5.41, 5.74) is 2.60. The molecule has 1 saturated heterocycles. The first-order valence-corrected chi connectivity index (χ1v) is 13.8. The summed E-state index contributed by atoms with van der Waals surface area (Å²) in [6.45, 7) is 0. The molecule has 10 heteroatoms. The highest BCUT2D eigenvalue weighted by Crippen LogP contribution is 2.40. The standard InChI is InChI=1S/C29H27N5O3S2/c1-37-34-25(27(36)32-24-22(17-38)30-26(24)35)23-18-39-28(31-23)33-29(19-11-5-2-6-12-19,20-13-7-3-8-14-20)21-15-9-4-10-16-21/h2-16,18,22,24,38H,17H2,1H3,(H,30,35)(H,31,33)(H,32,36)/b34-25-. The Morgan fingerprint density at radius 3 is 2.00 bits per heavy atom. The van der Waals surface area contributed by atoms with E-state index in [1.54, 1.807) is 5.38 Å². The number of carbonyl (C=O) groups excluding carboxylic acids is 2. The highest BCUT2D eigenvalue weighted by Gasteiger charge is 2.41. The van der Waals surface area contributed by atoms with E-state index in [0.29, 0.717) is 16.6 Å². The zero-order valence-corrected chi connectivity index (χ0v) is 22.8. The average Bonchev–Trinajstić information content (AvgIpc) is 3.45. The number of aromatic nitrogens is 1. The van der Waals surface area contributed by atoms with Crippen LogP contribution in [-0.4, -0.2) is 47.5 Å². The van der Waals surface area contributed by atoms with E-state index in [4.69, 9.17) is 9.82 Å². The van der Waals surface area contributed by atoms with Gasteiger partial charge in [0.15, 0.2) is 10.8 Å². The van der Waals surface area contributed by atoms with Crippen molar-refractivity contribution in [2.75, 3.05) is 18.2 Å². The van der Waals surface area contributed by atoms with Crippen molar-refractivity contribution < 1.29 is 14.4 Å². The van der Waals surface area contributed by atoms with Gasteiger partial charge in [0.1, 0.15) is 24.4 Å². The second kappa shape index (κ2) is 11.7. The van der Waals surface area contributed by atoms with Crippen molar-refractivity contribution in [1.29, 1.82) is 0 Å². The summed E-state index contributed by atoms with van der Waals surface area (Å²) in [6.07, 6.45) is 0. The van der Waals surface area contributed by atoms with Gasteiger partial charge in [-0.25, -0.2) is 4.98 Å². The number of rotatable bonds is 10. The lowest BCUT2D eigenvalue weighted by Gasteiger charge is -2.36. The van der Waals surface area contributed by atoms with E-state index in [1.807, 2.05) is 54.6 Å². The van der Waals surface area contributed by atoms with Crippen LogP contribution in [0.3, 0.4) is 0 Å². The van der Waals surface area contributed by atoms with Gasteiger partial charge in [0.25, 0.3) is 5.91 Å². The SMILES string of the molecule is CO/N=C(\C(=O)NC1C(=O)NC1CS)c1csc(NC(c2ccccc2)(c2ccccc2)c2ccccc2)n1. The number of β-lactam (4-membered cyclic amide) rings is 1. The van der Waals surface area contributed by atoms with Crippen molar-refractivity contribution in [1.82, 2.24) is 15.6 Å². The highest BCUT2D eigenvalue weighted by atomic mass is 32.1. The average molecular weight is 558 g/mol. The largest absolute Gasteiger partial charge is 0.398 e. The number of nitrogens with zero attached hydrogens (tertiary/aromatic N) is 2. The molecule has 1 aromatic heterocycles. The second-order valence-electron chi connectivity index (χ2n) is 8.88. The lowest BCUT2D eigenvalue weighted by atomic mass is 9.77. The summed E-state index contributed by atoms with van der Waals surface area (Å²) in [5, 5.41) is 15.4. The minimum Gasteiger partial charge on any atom is -0.398 e. The normalized spacial score (nSPS) is 17.1. The molecule has 3 aromatic carbocycles. The highest BCUT2D eigenvalue weighted by molar-refractivity contribution is 7.80. The molecule has 1 aliphatic rings. The molecule has 8 nitrogen and oxygen atoms in total. The fraction of sp³-hybridized carbons (Fsp3) is 0.172. The van der Waals surface area contributed by atoms with Crippen molar-refractivity contribution in [3.05, 3.63) is 119 Å². The molecule has 1 fully saturated rings. The van der Waals surface area contributed by atoms with Crippen LogP contribution in [0.25, 0.3) is 0 Å². The topological polar surface area (TPSA) is 105 Å². The van der Waals surface area contributed by atoms with E-state index in [0.717, 1.165) is 16.7 Å². The van der Waals surface area contributed by atoms with Gasteiger partial charge in [-0.05, 0) is 16.7 Å². The number of nitrogens with one attached hydrogen (secondary N) is 3. The smallest absolute Gasteiger partial charge is 0.276 e. The predicted molar refractivity (Wildman–Crippen MR) is 156 cm³/mol. The second-order valence-corrected chi connectivity index (χ2v) is 10.1. The van der Waals surface area contributed by atoms with E-state index in [9.17, 15) is 9.59 Å². The minimum absolute atomic E-state index is 0.0239. The zero-order chi connectivity index (χ0) is 27.2. The van der Waals surface area contributed by atoms with E-state index < -0.39 is 17.5 Å². The molecule has 2 heterocycles. The molecule has 5 rings (SSSR count). The summed E-state index contributed by atoms with van der Waals surface area (Å²) in [6, 6.07) is 29.5. The molecule has 0 spiro atoms. The number of hydrogen-bond acceptors (Lipinski definition) is 8. The Labute approximate surface area is 235 Å². The van der Waals surface area contributed by atoms with E-state index in [1.165, 1.54) is 18.4 Å². The number of thiazole rings is 1. The molecule has 0 radical (unpaired) electrons. The monoisotopic (exact) mass is 557 g/mol. The fourth-order valence-corrected chi connectivity index (χ4v) is 5.70. The molecule has 0 aliphatic carbocycles. The van der Waals surface area contributed by atoms with Crippen LogP contribution in [0.2, 0.25) is 0 Å². The fourth-order valence-electron chi connectivity index (χ4n) is 4.65. The van der Waals surface area contributed by atoms with Gasteiger partial charge in [-0.1, -0.05) is 96.2 Å². The summed E-state index contributed by atoms with van der Waals surface area (Å²) in [7, 11) is 1.36. The van der Waals surface area contributed by atoms with Gasteiger partial charge in [-0.3, -0.25) is 9.59 Å². The molecule has 39 heavy (non-hydrogen) atoms. The maximum atomic E-state index is 13.1. The molecule has 3 N–H and O–H groups in total. The Hall–Kier alpha value is -4.15. The van der Waals surface area contributed by atoms with Crippen LogP contribution in [0.5, 0.6) is 0 Å². The Morgan fingerprint density at radius 1 is 1.00 bits per heavy atom.